The number of aliphatic hydroxyl groups is 1. The van der Waals surface area contributed by atoms with Crippen LogP contribution in [0.4, 0.5) is 0 Å². The Morgan fingerprint density at radius 2 is 1.88 bits per heavy atom. The van der Waals surface area contributed by atoms with E-state index in [1.165, 1.54) is 31.4 Å². The van der Waals surface area contributed by atoms with Gasteiger partial charge in [-0.3, -0.25) is 0 Å². The summed E-state index contributed by atoms with van der Waals surface area (Å²) in [6.07, 6.45) is 3.73. The molecule has 2 rings (SSSR count). The molecular formula is C14H21NO. The fourth-order valence-electron chi connectivity index (χ4n) is 2.28. The van der Waals surface area contributed by atoms with Gasteiger partial charge in [-0.05, 0) is 31.4 Å². The fraction of sp³-hybridized carbons (Fsp3) is 0.571. The van der Waals surface area contributed by atoms with E-state index in [1.807, 2.05) is 0 Å². The van der Waals surface area contributed by atoms with E-state index < -0.39 is 0 Å². The lowest BCUT2D eigenvalue weighted by atomic mass is 10.0. The van der Waals surface area contributed by atoms with Gasteiger partial charge in [0.15, 0.2) is 0 Å². The van der Waals surface area contributed by atoms with Gasteiger partial charge in [0.1, 0.15) is 0 Å². The number of aryl methyl sites for hydroxylation is 1. The van der Waals surface area contributed by atoms with Gasteiger partial charge in [0, 0.05) is 25.6 Å². The predicted molar refractivity (Wildman–Crippen MR) is 66.4 cm³/mol. The predicted octanol–water partition coefficient (Wildman–Crippen LogP) is 1.93. The van der Waals surface area contributed by atoms with Gasteiger partial charge in [-0.2, -0.15) is 0 Å². The monoisotopic (exact) mass is 219 g/mol. The maximum atomic E-state index is 8.90. The summed E-state index contributed by atoms with van der Waals surface area (Å²) in [5.74, 6) is 0.550. The second-order valence-electron chi connectivity index (χ2n) is 4.75. The van der Waals surface area contributed by atoms with Gasteiger partial charge in [-0.15, -0.1) is 0 Å². The van der Waals surface area contributed by atoms with E-state index in [9.17, 15) is 0 Å². The lowest BCUT2D eigenvalue weighted by Gasteiger charge is -2.38. The molecule has 0 saturated carbocycles. The van der Waals surface area contributed by atoms with Crippen molar-refractivity contribution in [1.29, 1.82) is 0 Å². The Balaban J connectivity index is 1.53. The Bertz CT molecular complexity index is 293. The Kier molecular flexibility index (Phi) is 4.37. The van der Waals surface area contributed by atoms with E-state index in [0.29, 0.717) is 12.5 Å². The molecule has 0 aliphatic carbocycles. The van der Waals surface area contributed by atoms with Crippen molar-refractivity contribution in [1.82, 2.24) is 4.90 Å². The van der Waals surface area contributed by atoms with Crippen LogP contribution in [0.25, 0.3) is 0 Å². The molecule has 16 heavy (non-hydrogen) atoms. The first-order valence-electron chi connectivity index (χ1n) is 6.25. The molecule has 1 saturated heterocycles. The molecule has 1 aromatic carbocycles. The van der Waals surface area contributed by atoms with Crippen molar-refractivity contribution in [3.8, 4) is 0 Å². The molecule has 0 radical (unpaired) electrons. The van der Waals surface area contributed by atoms with E-state index in [-0.39, 0.29) is 0 Å². The van der Waals surface area contributed by atoms with Crippen molar-refractivity contribution in [3.05, 3.63) is 35.9 Å². The highest BCUT2D eigenvalue weighted by atomic mass is 16.3. The Labute approximate surface area is 97.9 Å². The third kappa shape index (κ3) is 3.32. The van der Waals surface area contributed by atoms with Crippen LogP contribution in [0.3, 0.4) is 0 Å². The summed E-state index contributed by atoms with van der Waals surface area (Å²) in [4.78, 5) is 2.44. The largest absolute Gasteiger partial charge is 0.396 e. The first-order chi connectivity index (χ1) is 7.88. The van der Waals surface area contributed by atoms with Crippen LogP contribution in [0.2, 0.25) is 0 Å². The van der Waals surface area contributed by atoms with Crippen molar-refractivity contribution in [2.45, 2.75) is 19.3 Å². The number of rotatable bonds is 6. The first kappa shape index (κ1) is 11.6. The molecule has 0 unspecified atom stereocenters. The lowest BCUT2D eigenvalue weighted by molar-refractivity contribution is 0.0529. The van der Waals surface area contributed by atoms with Crippen LogP contribution < -0.4 is 0 Å². The molecule has 0 aromatic heterocycles. The first-order valence-corrected chi connectivity index (χ1v) is 6.25. The van der Waals surface area contributed by atoms with E-state index in [1.54, 1.807) is 0 Å². The van der Waals surface area contributed by atoms with Gasteiger partial charge in [-0.1, -0.05) is 30.3 Å². The third-order valence-corrected chi connectivity index (χ3v) is 3.32. The number of likely N-dealkylation sites (tertiary alicyclic amines) is 1. The highest BCUT2D eigenvalue weighted by Crippen LogP contribution is 2.15. The van der Waals surface area contributed by atoms with E-state index in [2.05, 4.69) is 35.2 Å². The van der Waals surface area contributed by atoms with Gasteiger partial charge >= 0.3 is 0 Å². The highest BCUT2D eigenvalue weighted by molar-refractivity contribution is 5.14. The zero-order valence-electron chi connectivity index (χ0n) is 9.81. The Hall–Kier alpha value is -0.860. The second-order valence-corrected chi connectivity index (χ2v) is 4.75. The summed E-state index contributed by atoms with van der Waals surface area (Å²) in [6.45, 7) is 3.76. The Morgan fingerprint density at radius 3 is 2.56 bits per heavy atom. The van der Waals surface area contributed by atoms with Crippen molar-refractivity contribution < 1.29 is 5.11 Å². The Morgan fingerprint density at radius 1 is 1.12 bits per heavy atom. The molecule has 1 aromatic rings. The van der Waals surface area contributed by atoms with Gasteiger partial charge < -0.3 is 10.0 Å². The SMILES string of the molecule is OCC1CN(CCCCc2ccccc2)C1. The minimum Gasteiger partial charge on any atom is -0.396 e. The number of nitrogens with zero attached hydrogens (tertiary/aromatic N) is 1. The van der Waals surface area contributed by atoms with Crippen LogP contribution in [-0.2, 0) is 6.42 Å². The average molecular weight is 219 g/mol. The molecule has 88 valence electrons. The molecular weight excluding hydrogens is 198 g/mol. The van der Waals surface area contributed by atoms with Crippen LogP contribution in [0, 0.1) is 5.92 Å². The maximum Gasteiger partial charge on any atom is 0.0483 e. The van der Waals surface area contributed by atoms with Gasteiger partial charge in [0.2, 0.25) is 0 Å². The molecule has 2 heteroatoms. The molecule has 1 fully saturated rings. The highest BCUT2D eigenvalue weighted by Gasteiger charge is 2.24. The minimum absolute atomic E-state index is 0.362. The minimum atomic E-state index is 0.362. The quantitative estimate of drug-likeness (QED) is 0.739. The van der Waals surface area contributed by atoms with Crippen LogP contribution in [0.1, 0.15) is 18.4 Å². The van der Waals surface area contributed by atoms with Crippen molar-refractivity contribution in [2.24, 2.45) is 5.92 Å². The topological polar surface area (TPSA) is 23.5 Å². The standard InChI is InChI=1S/C14H21NO/c16-12-14-10-15(11-14)9-5-4-8-13-6-2-1-3-7-13/h1-3,6-7,14,16H,4-5,8-12H2. The maximum absolute atomic E-state index is 8.90. The molecule has 0 atom stereocenters. The third-order valence-electron chi connectivity index (χ3n) is 3.32. The van der Waals surface area contributed by atoms with Gasteiger partial charge in [-0.25, -0.2) is 0 Å². The van der Waals surface area contributed by atoms with Gasteiger partial charge in [0.05, 0.1) is 0 Å². The molecule has 0 amide bonds. The van der Waals surface area contributed by atoms with Crippen LogP contribution in [0.15, 0.2) is 30.3 Å². The summed E-state index contributed by atoms with van der Waals surface area (Å²) < 4.78 is 0. The van der Waals surface area contributed by atoms with E-state index >= 15 is 0 Å². The number of aliphatic hydroxyl groups excluding tert-OH is 1. The van der Waals surface area contributed by atoms with Crippen LogP contribution >= 0.6 is 0 Å². The normalized spacial score (nSPS) is 17.3. The lowest BCUT2D eigenvalue weighted by Crippen LogP contribution is -2.48. The molecule has 1 heterocycles. The molecule has 0 spiro atoms. The number of hydrogen-bond acceptors (Lipinski definition) is 2. The fourth-order valence-corrected chi connectivity index (χ4v) is 2.28. The van der Waals surface area contributed by atoms with E-state index in [0.717, 1.165) is 13.1 Å². The number of hydrogen-bond donors (Lipinski definition) is 1. The zero-order valence-corrected chi connectivity index (χ0v) is 9.81. The van der Waals surface area contributed by atoms with Crippen molar-refractivity contribution in [2.75, 3.05) is 26.2 Å². The summed E-state index contributed by atoms with van der Waals surface area (Å²) in [5, 5.41) is 8.90. The average Bonchev–Trinajstić information content (AvgIpc) is 2.28. The smallest absolute Gasteiger partial charge is 0.0483 e. The van der Waals surface area contributed by atoms with E-state index in [4.69, 9.17) is 5.11 Å². The van der Waals surface area contributed by atoms with Crippen LogP contribution in [0.5, 0.6) is 0 Å². The molecule has 0 bridgehead atoms. The zero-order chi connectivity index (χ0) is 11.2. The van der Waals surface area contributed by atoms with Crippen molar-refractivity contribution in [3.63, 3.8) is 0 Å². The molecule has 1 aliphatic heterocycles. The number of unbranched alkanes of at least 4 members (excludes halogenated alkanes) is 1. The number of benzene rings is 1. The van der Waals surface area contributed by atoms with Crippen LogP contribution in [-0.4, -0.2) is 36.2 Å². The molecule has 2 nitrogen and oxygen atoms in total. The molecule has 1 aliphatic rings. The summed E-state index contributed by atoms with van der Waals surface area (Å²) in [5.41, 5.74) is 1.44. The summed E-state index contributed by atoms with van der Waals surface area (Å²) in [7, 11) is 0. The van der Waals surface area contributed by atoms with Gasteiger partial charge in [0.25, 0.3) is 0 Å². The molecule has 1 N–H and O–H groups in total. The van der Waals surface area contributed by atoms with Crippen molar-refractivity contribution >= 4 is 0 Å². The summed E-state index contributed by atoms with van der Waals surface area (Å²) in [6, 6.07) is 10.7. The summed E-state index contributed by atoms with van der Waals surface area (Å²) >= 11 is 0. The second kappa shape index (κ2) is 6.02.